The van der Waals surface area contributed by atoms with E-state index in [1.165, 1.54) is 5.56 Å². The van der Waals surface area contributed by atoms with Crippen molar-refractivity contribution in [1.29, 1.82) is 0 Å². The zero-order chi connectivity index (χ0) is 25.8. The minimum atomic E-state index is -0.208. The highest BCUT2D eigenvalue weighted by molar-refractivity contribution is 5.89. The number of aromatic nitrogens is 4. The number of nitrogens with zero attached hydrogens (tertiary/aromatic N) is 5. The predicted molar refractivity (Wildman–Crippen MR) is 147 cm³/mol. The van der Waals surface area contributed by atoms with Crippen molar-refractivity contribution in [2.45, 2.75) is 40.3 Å². The van der Waals surface area contributed by atoms with Gasteiger partial charge in [-0.1, -0.05) is 13.8 Å². The number of hydrogen-bond acceptors (Lipinski definition) is 7. The number of rotatable bonds is 4. The van der Waals surface area contributed by atoms with Gasteiger partial charge in [-0.2, -0.15) is 5.10 Å². The molecule has 10 nitrogen and oxygen atoms in total. The molecule has 36 heavy (non-hydrogen) atoms. The Labute approximate surface area is 216 Å². The van der Waals surface area contributed by atoms with Crippen molar-refractivity contribution in [3.05, 3.63) is 54.0 Å². The van der Waals surface area contributed by atoms with Crippen molar-refractivity contribution < 1.29 is 12.4 Å². The lowest BCUT2D eigenvalue weighted by atomic mass is 10.1. The fraction of sp³-hybridized carbons (Fsp3) is 0.462. The fourth-order valence-corrected chi connectivity index (χ4v) is 3.88. The summed E-state index contributed by atoms with van der Waals surface area (Å²) in [5.41, 5.74) is 3.93. The van der Waals surface area contributed by atoms with Gasteiger partial charge in [-0.15, -0.1) is 0 Å². The van der Waals surface area contributed by atoms with Gasteiger partial charge in [0.05, 0.1) is 12.3 Å². The third-order valence-corrected chi connectivity index (χ3v) is 5.56. The van der Waals surface area contributed by atoms with Gasteiger partial charge in [0.2, 0.25) is 0 Å². The number of nitrogens with one attached hydrogen (secondary N) is 3. The summed E-state index contributed by atoms with van der Waals surface area (Å²) in [5.74, 6) is 1.73. The molecule has 1 fully saturated rings. The van der Waals surface area contributed by atoms with Gasteiger partial charge in [-0.3, -0.25) is 4.68 Å². The van der Waals surface area contributed by atoms with Gasteiger partial charge in [0.25, 0.3) is 0 Å². The number of hydrogen-bond donors (Lipinski definition) is 3. The summed E-state index contributed by atoms with van der Waals surface area (Å²) in [5, 5.41) is 12.8. The smallest absolute Gasteiger partial charge is 0.319 e. The second-order valence-corrected chi connectivity index (χ2v) is 8.09. The van der Waals surface area contributed by atoms with Crippen LogP contribution in [0.5, 0.6) is 0 Å². The molecule has 0 saturated carbocycles. The van der Waals surface area contributed by atoms with E-state index in [2.05, 4.69) is 25.9 Å². The predicted octanol–water partition coefficient (Wildman–Crippen LogP) is 4.05. The highest BCUT2D eigenvalue weighted by Crippen LogP contribution is 2.29. The van der Waals surface area contributed by atoms with E-state index in [-0.39, 0.29) is 8.88 Å². The van der Waals surface area contributed by atoms with E-state index in [1.807, 2.05) is 64.3 Å². The van der Waals surface area contributed by atoms with Gasteiger partial charge in [0, 0.05) is 78.4 Å². The second-order valence-electron chi connectivity index (χ2n) is 8.09. The Balaban J connectivity index is 0.000000630. The van der Waals surface area contributed by atoms with Crippen LogP contribution in [0.25, 0.3) is 11.4 Å². The minimum Gasteiger partial charge on any atom is -0.380 e. The maximum atomic E-state index is 11.7. The third-order valence-electron chi connectivity index (χ3n) is 5.56. The summed E-state index contributed by atoms with van der Waals surface area (Å²) in [6.45, 7) is 11.4. The average Bonchev–Trinajstić information content (AvgIpc) is 3.50. The summed E-state index contributed by atoms with van der Waals surface area (Å²) >= 11 is 0. The maximum absolute atomic E-state index is 11.7. The van der Waals surface area contributed by atoms with Gasteiger partial charge in [-0.25, -0.2) is 14.8 Å². The monoisotopic (exact) mass is 498 g/mol. The van der Waals surface area contributed by atoms with Gasteiger partial charge in [0.15, 0.2) is 5.82 Å². The number of ether oxygens (including phenoxy) is 1. The zero-order valence-electron chi connectivity index (χ0n) is 21.8. The van der Waals surface area contributed by atoms with Crippen molar-refractivity contribution in [2.24, 2.45) is 7.05 Å². The molecule has 0 aliphatic carbocycles. The summed E-state index contributed by atoms with van der Waals surface area (Å²) in [6, 6.07) is 9.32. The maximum Gasteiger partial charge on any atom is 0.319 e. The van der Waals surface area contributed by atoms with Crippen LogP contribution in [0, 0.1) is 0 Å². The van der Waals surface area contributed by atoms with Gasteiger partial charge < -0.3 is 25.6 Å². The van der Waals surface area contributed by atoms with E-state index in [4.69, 9.17) is 14.7 Å². The fourth-order valence-electron chi connectivity index (χ4n) is 3.88. The Morgan fingerprint density at radius 1 is 1.14 bits per heavy atom. The number of aryl methyl sites for hydroxylation is 1. The molecule has 4 heterocycles. The van der Waals surface area contributed by atoms with Crippen LogP contribution >= 0.6 is 0 Å². The molecular weight excluding hydrogens is 456 g/mol. The number of carbonyl (C=O) groups is 1. The molecule has 198 valence electrons. The molecule has 2 amide bonds. The molecular formula is C26H42N8O2. The van der Waals surface area contributed by atoms with E-state index in [0.717, 1.165) is 68.6 Å². The van der Waals surface area contributed by atoms with Crippen LogP contribution in [0.15, 0.2) is 42.7 Å². The van der Waals surface area contributed by atoms with Crippen molar-refractivity contribution >= 4 is 17.5 Å². The quantitative estimate of drug-likeness (QED) is 0.498. The lowest BCUT2D eigenvalue weighted by Gasteiger charge is -2.23. The largest absolute Gasteiger partial charge is 0.380 e. The molecule has 1 saturated heterocycles. The standard InChI is InChI=1S/C20H26N6O2.C4H6N2.C2H6.2H2/c1-2-22-20(27)23-15-6-4-14(5-7-15)18-24-17-13-21-12-16(17)19(25-18)26-8-3-10-28-11-9-26;1-6-4-2-3-5-6;1-2;;/h4-7,21H,2-3,8-13H2,1H3,(H2,22,23,27);2-4H,1H3;1-2H3;2*1H. The molecule has 1 aromatic carbocycles. The topological polar surface area (TPSA) is 109 Å². The van der Waals surface area contributed by atoms with Crippen LogP contribution in [0.2, 0.25) is 0 Å². The molecule has 5 rings (SSSR count). The summed E-state index contributed by atoms with van der Waals surface area (Å²) in [6.07, 6.45) is 4.64. The van der Waals surface area contributed by atoms with Gasteiger partial charge in [0.1, 0.15) is 5.82 Å². The third kappa shape index (κ3) is 7.50. The van der Waals surface area contributed by atoms with Crippen LogP contribution in [0.1, 0.15) is 41.3 Å². The van der Waals surface area contributed by atoms with Crippen LogP contribution in [-0.2, 0) is 24.9 Å². The molecule has 2 aromatic heterocycles. The normalized spacial score (nSPS) is 14.4. The van der Waals surface area contributed by atoms with Crippen LogP contribution < -0.4 is 20.9 Å². The Morgan fingerprint density at radius 2 is 1.94 bits per heavy atom. The van der Waals surface area contributed by atoms with Crippen LogP contribution in [0.3, 0.4) is 0 Å². The summed E-state index contributed by atoms with van der Waals surface area (Å²) in [7, 11) is 1.89. The Morgan fingerprint density at radius 3 is 2.61 bits per heavy atom. The van der Waals surface area contributed by atoms with Crippen molar-refractivity contribution in [2.75, 3.05) is 43.1 Å². The first-order chi connectivity index (χ1) is 17.6. The molecule has 0 unspecified atom stereocenters. The molecule has 0 radical (unpaired) electrons. The Bertz CT molecular complexity index is 1070. The molecule has 2 aliphatic heterocycles. The molecule has 0 atom stereocenters. The number of amides is 2. The lowest BCUT2D eigenvalue weighted by Crippen LogP contribution is -2.28. The SMILES string of the molecule is CC.CCNC(=O)Nc1ccc(-c2nc3c(c(N4CCCOCC4)n2)CNC3)cc1.Cn1cccn1.[HH].[HH]. The highest BCUT2D eigenvalue weighted by atomic mass is 16.5. The van der Waals surface area contributed by atoms with E-state index in [0.29, 0.717) is 12.4 Å². The summed E-state index contributed by atoms with van der Waals surface area (Å²) < 4.78 is 7.35. The average molecular weight is 499 g/mol. The minimum absolute atomic E-state index is 0. The first-order valence-electron chi connectivity index (χ1n) is 12.7. The number of urea groups is 1. The van der Waals surface area contributed by atoms with Crippen LogP contribution in [-0.4, -0.2) is 58.6 Å². The highest BCUT2D eigenvalue weighted by Gasteiger charge is 2.24. The molecule has 0 bridgehead atoms. The lowest BCUT2D eigenvalue weighted by molar-refractivity contribution is 0.152. The van der Waals surface area contributed by atoms with E-state index in [1.54, 1.807) is 10.9 Å². The Kier molecular flexibility index (Phi) is 10.7. The van der Waals surface area contributed by atoms with Crippen molar-refractivity contribution in [3.63, 3.8) is 0 Å². The van der Waals surface area contributed by atoms with E-state index < -0.39 is 0 Å². The molecule has 0 spiro atoms. The Hall–Kier alpha value is -3.50. The van der Waals surface area contributed by atoms with E-state index in [9.17, 15) is 4.79 Å². The van der Waals surface area contributed by atoms with Crippen LogP contribution in [0.4, 0.5) is 16.3 Å². The van der Waals surface area contributed by atoms with Crippen molar-refractivity contribution in [3.8, 4) is 11.4 Å². The molecule has 3 aromatic rings. The van der Waals surface area contributed by atoms with E-state index >= 15 is 0 Å². The number of benzene rings is 1. The zero-order valence-corrected chi connectivity index (χ0v) is 21.8. The van der Waals surface area contributed by atoms with Crippen molar-refractivity contribution in [1.82, 2.24) is 30.4 Å². The molecule has 2 aliphatic rings. The molecule has 10 heteroatoms. The second kappa shape index (κ2) is 14.2. The van der Waals surface area contributed by atoms with Gasteiger partial charge >= 0.3 is 6.03 Å². The first kappa shape index (κ1) is 27.1. The molecule has 3 N–H and O–H groups in total. The van der Waals surface area contributed by atoms with Gasteiger partial charge in [-0.05, 0) is 43.7 Å². The summed E-state index contributed by atoms with van der Waals surface area (Å²) in [4.78, 5) is 23.7. The number of carbonyl (C=O) groups excluding carboxylic acids is 1. The first-order valence-corrected chi connectivity index (χ1v) is 12.7. The number of anilines is 2. The number of fused-ring (bicyclic) bond motifs is 1.